The lowest BCUT2D eigenvalue weighted by molar-refractivity contribution is -0.117. The SMILES string of the molecule is COc1cccc2c1N(C(=O)c1ccccc1)C(C)CC2N(C(C)=O)c1ccccc1. The summed E-state index contributed by atoms with van der Waals surface area (Å²) >= 11 is 0. The average molecular weight is 415 g/mol. The molecular formula is C26H26N2O3. The van der Waals surface area contributed by atoms with Crippen molar-refractivity contribution in [3.8, 4) is 5.75 Å². The molecule has 3 aromatic rings. The standard InChI is InChI=1S/C26H26N2O3/c1-18-17-23(28(19(2)29)21-13-8-5-9-14-21)22-15-10-16-24(31-3)25(22)27(18)26(30)20-11-6-4-7-12-20/h4-16,18,23H,17H2,1-3H3. The van der Waals surface area contributed by atoms with Gasteiger partial charge in [-0.05, 0) is 43.7 Å². The zero-order valence-corrected chi connectivity index (χ0v) is 18.0. The van der Waals surface area contributed by atoms with Gasteiger partial charge in [0.25, 0.3) is 5.91 Å². The van der Waals surface area contributed by atoms with Crippen molar-refractivity contribution in [2.45, 2.75) is 32.4 Å². The van der Waals surface area contributed by atoms with Crippen LogP contribution in [0.15, 0.2) is 78.9 Å². The fourth-order valence-electron chi connectivity index (χ4n) is 4.44. The molecule has 0 saturated heterocycles. The van der Waals surface area contributed by atoms with E-state index < -0.39 is 0 Å². The Balaban J connectivity index is 1.86. The lowest BCUT2D eigenvalue weighted by Crippen LogP contribution is -2.47. The highest BCUT2D eigenvalue weighted by molar-refractivity contribution is 6.08. The minimum atomic E-state index is -0.208. The molecule has 0 saturated carbocycles. The van der Waals surface area contributed by atoms with Crippen molar-refractivity contribution in [1.82, 2.24) is 0 Å². The topological polar surface area (TPSA) is 49.9 Å². The van der Waals surface area contributed by atoms with E-state index in [9.17, 15) is 9.59 Å². The molecule has 31 heavy (non-hydrogen) atoms. The third-order valence-corrected chi connectivity index (χ3v) is 5.78. The average Bonchev–Trinajstić information content (AvgIpc) is 2.79. The zero-order valence-electron chi connectivity index (χ0n) is 18.0. The number of fused-ring (bicyclic) bond motifs is 1. The predicted octanol–water partition coefficient (Wildman–Crippen LogP) is 5.23. The Bertz CT molecular complexity index is 1080. The number of ether oxygens (including phenoxy) is 1. The van der Waals surface area contributed by atoms with E-state index in [1.165, 1.54) is 0 Å². The van der Waals surface area contributed by atoms with Crippen LogP contribution in [-0.2, 0) is 4.79 Å². The molecule has 4 rings (SSSR count). The van der Waals surface area contributed by atoms with Crippen molar-refractivity contribution in [2.75, 3.05) is 16.9 Å². The van der Waals surface area contributed by atoms with Crippen molar-refractivity contribution in [3.63, 3.8) is 0 Å². The van der Waals surface area contributed by atoms with E-state index in [4.69, 9.17) is 4.74 Å². The largest absolute Gasteiger partial charge is 0.495 e. The number of carbonyl (C=O) groups excluding carboxylic acids is 2. The van der Waals surface area contributed by atoms with Crippen molar-refractivity contribution >= 4 is 23.2 Å². The number of para-hydroxylation sites is 2. The van der Waals surface area contributed by atoms with Gasteiger partial charge in [0, 0.05) is 29.8 Å². The number of anilines is 2. The van der Waals surface area contributed by atoms with Gasteiger partial charge in [0.2, 0.25) is 5.91 Å². The molecule has 3 aromatic carbocycles. The van der Waals surface area contributed by atoms with Crippen LogP contribution < -0.4 is 14.5 Å². The molecule has 2 atom stereocenters. The highest BCUT2D eigenvalue weighted by Gasteiger charge is 2.39. The summed E-state index contributed by atoms with van der Waals surface area (Å²) in [7, 11) is 1.61. The molecule has 0 radical (unpaired) electrons. The molecule has 0 N–H and O–H groups in total. The normalized spacial score (nSPS) is 17.6. The highest BCUT2D eigenvalue weighted by Crippen LogP contribution is 2.47. The summed E-state index contributed by atoms with van der Waals surface area (Å²) in [6.07, 6.45) is 0.618. The van der Waals surface area contributed by atoms with Crippen LogP contribution in [0.25, 0.3) is 0 Å². The molecule has 2 amide bonds. The van der Waals surface area contributed by atoms with Crippen molar-refractivity contribution in [1.29, 1.82) is 0 Å². The zero-order chi connectivity index (χ0) is 22.0. The van der Waals surface area contributed by atoms with Crippen molar-refractivity contribution < 1.29 is 14.3 Å². The Kier molecular flexibility index (Phi) is 5.76. The van der Waals surface area contributed by atoms with Gasteiger partial charge >= 0.3 is 0 Å². The van der Waals surface area contributed by atoms with E-state index in [2.05, 4.69) is 0 Å². The van der Waals surface area contributed by atoms with E-state index in [-0.39, 0.29) is 23.9 Å². The maximum absolute atomic E-state index is 13.5. The molecular weight excluding hydrogens is 388 g/mol. The van der Waals surface area contributed by atoms with E-state index >= 15 is 0 Å². The third kappa shape index (κ3) is 3.79. The minimum Gasteiger partial charge on any atom is -0.495 e. The Morgan fingerprint density at radius 3 is 2.19 bits per heavy atom. The first kappa shape index (κ1) is 20.7. The van der Waals surface area contributed by atoms with Gasteiger partial charge in [-0.15, -0.1) is 0 Å². The van der Waals surface area contributed by atoms with Gasteiger partial charge in [-0.25, -0.2) is 0 Å². The smallest absolute Gasteiger partial charge is 0.258 e. The molecule has 1 heterocycles. The van der Waals surface area contributed by atoms with E-state index in [1.54, 1.807) is 14.0 Å². The lowest BCUT2D eigenvalue weighted by Gasteiger charge is -2.43. The van der Waals surface area contributed by atoms with Crippen LogP contribution in [0.5, 0.6) is 5.75 Å². The highest BCUT2D eigenvalue weighted by atomic mass is 16.5. The van der Waals surface area contributed by atoms with Gasteiger partial charge in [0.15, 0.2) is 0 Å². The predicted molar refractivity (Wildman–Crippen MR) is 123 cm³/mol. The maximum atomic E-state index is 13.5. The molecule has 0 aromatic heterocycles. The molecule has 158 valence electrons. The van der Waals surface area contributed by atoms with Gasteiger partial charge in [0.05, 0.1) is 18.8 Å². The fourth-order valence-corrected chi connectivity index (χ4v) is 4.44. The van der Waals surface area contributed by atoms with Crippen molar-refractivity contribution in [2.24, 2.45) is 0 Å². The van der Waals surface area contributed by atoms with Crippen LogP contribution in [0.1, 0.15) is 42.2 Å². The molecule has 1 aliphatic heterocycles. The minimum absolute atomic E-state index is 0.0417. The first-order valence-corrected chi connectivity index (χ1v) is 10.4. The molecule has 2 unspecified atom stereocenters. The summed E-state index contributed by atoms with van der Waals surface area (Å²) < 4.78 is 5.67. The van der Waals surface area contributed by atoms with Gasteiger partial charge in [-0.2, -0.15) is 0 Å². The maximum Gasteiger partial charge on any atom is 0.258 e. The van der Waals surface area contributed by atoms with Gasteiger partial charge < -0.3 is 14.5 Å². The summed E-state index contributed by atoms with van der Waals surface area (Å²) in [5.74, 6) is 0.501. The molecule has 0 spiro atoms. The fraction of sp³-hybridized carbons (Fsp3) is 0.231. The molecule has 0 aliphatic carbocycles. The van der Waals surface area contributed by atoms with E-state index in [0.29, 0.717) is 17.7 Å². The number of nitrogens with zero attached hydrogens (tertiary/aromatic N) is 2. The van der Waals surface area contributed by atoms with Gasteiger partial charge in [0.1, 0.15) is 5.75 Å². The lowest BCUT2D eigenvalue weighted by atomic mass is 9.89. The molecule has 0 bridgehead atoms. The first-order chi connectivity index (χ1) is 15.0. The summed E-state index contributed by atoms with van der Waals surface area (Å²) in [6.45, 7) is 3.60. The number of hydrogen-bond acceptors (Lipinski definition) is 3. The Morgan fingerprint density at radius 2 is 1.58 bits per heavy atom. The van der Waals surface area contributed by atoms with Crippen LogP contribution in [0.2, 0.25) is 0 Å². The summed E-state index contributed by atoms with van der Waals surface area (Å²) in [6, 6.07) is 24.3. The van der Waals surface area contributed by atoms with Gasteiger partial charge in [-0.1, -0.05) is 48.5 Å². The van der Waals surface area contributed by atoms with Crippen LogP contribution in [0, 0.1) is 0 Å². The van der Waals surface area contributed by atoms with E-state index in [0.717, 1.165) is 16.9 Å². The number of amides is 2. The third-order valence-electron chi connectivity index (χ3n) is 5.78. The molecule has 1 aliphatic rings. The van der Waals surface area contributed by atoms with Crippen molar-refractivity contribution in [3.05, 3.63) is 90.0 Å². The van der Waals surface area contributed by atoms with E-state index in [1.807, 2.05) is 95.6 Å². The summed E-state index contributed by atoms with van der Waals surface area (Å²) in [4.78, 5) is 29.9. The number of rotatable bonds is 4. The number of carbonyl (C=O) groups is 2. The number of methoxy groups -OCH3 is 1. The Hall–Kier alpha value is -3.60. The second kappa shape index (κ2) is 8.64. The summed E-state index contributed by atoms with van der Waals surface area (Å²) in [5.41, 5.74) is 3.09. The van der Waals surface area contributed by atoms with Crippen LogP contribution >= 0.6 is 0 Å². The Morgan fingerprint density at radius 1 is 0.935 bits per heavy atom. The molecule has 5 nitrogen and oxygen atoms in total. The second-order valence-corrected chi connectivity index (χ2v) is 7.76. The van der Waals surface area contributed by atoms with Crippen LogP contribution in [0.3, 0.4) is 0 Å². The summed E-state index contributed by atoms with van der Waals surface area (Å²) in [5, 5.41) is 0. The van der Waals surface area contributed by atoms with Crippen LogP contribution in [-0.4, -0.2) is 25.0 Å². The first-order valence-electron chi connectivity index (χ1n) is 10.4. The monoisotopic (exact) mass is 414 g/mol. The quantitative estimate of drug-likeness (QED) is 0.587. The second-order valence-electron chi connectivity index (χ2n) is 7.76. The molecule has 5 heteroatoms. The number of benzene rings is 3. The number of hydrogen-bond donors (Lipinski definition) is 0. The Labute approximate surface area is 182 Å². The molecule has 0 fully saturated rings. The van der Waals surface area contributed by atoms with Gasteiger partial charge in [-0.3, -0.25) is 9.59 Å². The van der Waals surface area contributed by atoms with Crippen LogP contribution in [0.4, 0.5) is 11.4 Å².